The summed E-state index contributed by atoms with van der Waals surface area (Å²) in [5.74, 6) is -2.08. The quantitative estimate of drug-likeness (QED) is 0.0419. The van der Waals surface area contributed by atoms with Crippen LogP contribution in [0, 0.1) is 0 Å². The van der Waals surface area contributed by atoms with Crippen molar-refractivity contribution >= 4 is 76.7 Å². The number of nitrogens with zero attached hydrogens (tertiary/aromatic N) is 3. The lowest BCUT2D eigenvalue weighted by molar-refractivity contribution is -0.438. The van der Waals surface area contributed by atoms with Crippen LogP contribution in [-0.2, 0) is 50.3 Å². The first kappa shape index (κ1) is 43.4. The molecule has 3 aliphatic rings. The SMILES string of the molecule is CC1(C)C(=CC=CC=CC=CC2=[N+](CCCCS(=O)(=O)O)c3ccc4cc(S(=O)(=O)O)ccc4c3C2(C)C)N(CCC(=O)ON2C(=O)CCC2=O)c2ccc3ccccc3c21. The van der Waals surface area contributed by atoms with Crippen molar-refractivity contribution in [1.82, 2.24) is 5.06 Å². The van der Waals surface area contributed by atoms with Crippen molar-refractivity contribution < 1.29 is 49.7 Å². The molecule has 0 spiro atoms. The van der Waals surface area contributed by atoms with Gasteiger partial charge in [0.05, 0.1) is 22.5 Å². The highest BCUT2D eigenvalue weighted by molar-refractivity contribution is 7.86. The zero-order chi connectivity index (χ0) is 43.9. The Hall–Kier alpha value is -5.74. The molecule has 0 radical (unpaired) electrons. The van der Waals surface area contributed by atoms with Gasteiger partial charge in [0.15, 0.2) is 5.71 Å². The Morgan fingerprint density at radius 2 is 1.46 bits per heavy atom. The Balaban J connectivity index is 1.15. The molecular weight excluding hydrogens is 819 g/mol. The van der Waals surface area contributed by atoms with Crippen LogP contribution in [-0.4, -0.2) is 77.9 Å². The summed E-state index contributed by atoms with van der Waals surface area (Å²) in [5, 5.41) is 4.23. The molecule has 318 valence electrons. The standard InChI is InChI=1S/C46H47N3O10S2/c1-45(2)38(47(27-12-13-29-60(53,54)55)36-23-19-32-30-33(61(56,57)58)20-21-35(32)44(36)45)16-8-6-5-7-9-17-39-46(3,4)43-34-15-11-10-14-31(34)18-22-37(43)48(39)28-26-42(52)59-49-40(50)24-25-41(49)51/h5-11,14-23,30H,12-13,24-29H2,1-4H3,(H-,53,54,55,56,57,58)/p+1. The van der Waals surface area contributed by atoms with Crippen LogP contribution in [0.25, 0.3) is 21.5 Å². The first-order chi connectivity index (χ1) is 28.8. The van der Waals surface area contributed by atoms with Gasteiger partial charge in [0.25, 0.3) is 32.1 Å². The average molecular weight is 867 g/mol. The molecule has 0 atom stereocenters. The molecular formula is C46H48N3O10S2+. The van der Waals surface area contributed by atoms with Gasteiger partial charge >= 0.3 is 5.97 Å². The van der Waals surface area contributed by atoms with Gasteiger partial charge in [-0.05, 0) is 77.7 Å². The highest BCUT2D eigenvalue weighted by atomic mass is 32.2. The Labute approximate surface area is 355 Å². The first-order valence-corrected chi connectivity index (χ1v) is 23.1. The third-order valence-corrected chi connectivity index (χ3v) is 13.2. The van der Waals surface area contributed by atoms with E-state index < -0.39 is 48.8 Å². The topological polar surface area (TPSA) is 179 Å². The molecule has 13 nitrogen and oxygen atoms in total. The van der Waals surface area contributed by atoms with Gasteiger partial charge in [0.2, 0.25) is 5.69 Å². The minimum atomic E-state index is -4.41. The van der Waals surface area contributed by atoms with Crippen LogP contribution >= 0.6 is 0 Å². The Morgan fingerprint density at radius 3 is 2.18 bits per heavy atom. The number of hydrogen-bond acceptors (Lipinski definition) is 9. The molecule has 4 aromatic rings. The highest BCUT2D eigenvalue weighted by Crippen LogP contribution is 2.51. The van der Waals surface area contributed by atoms with Crippen LogP contribution < -0.4 is 4.90 Å². The van der Waals surface area contributed by atoms with E-state index in [9.17, 15) is 40.3 Å². The van der Waals surface area contributed by atoms with Crippen molar-refractivity contribution in [2.24, 2.45) is 0 Å². The minimum absolute atomic E-state index is 0.0184. The summed E-state index contributed by atoms with van der Waals surface area (Å²) in [4.78, 5) is 44.1. The Kier molecular flexibility index (Phi) is 11.8. The lowest BCUT2D eigenvalue weighted by atomic mass is 9.79. The summed E-state index contributed by atoms with van der Waals surface area (Å²) in [6.07, 6.45) is 14.2. The number of carbonyl (C=O) groups is 3. The van der Waals surface area contributed by atoms with Crippen molar-refractivity contribution in [1.29, 1.82) is 0 Å². The van der Waals surface area contributed by atoms with E-state index in [-0.39, 0.29) is 42.9 Å². The molecule has 61 heavy (non-hydrogen) atoms. The van der Waals surface area contributed by atoms with E-state index in [1.54, 1.807) is 12.1 Å². The number of amides is 2. The summed E-state index contributed by atoms with van der Waals surface area (Å²) in [6.45, 7) is 9.13. The molecule has 0 unspecified atom stereocenters. The normalized spacial score (nSPS) is 18.3. The number of hydroxylamine groups is 2. The first-order valence-electron chi connectivity index (χ1n) is 20.0. The van der Waals surface area contributed by atoms with Gasteiger partial charge in [0.1, 0.15) is 6.54 Å². The van der Waals surface area contributed by atoms with E-state index in [0.717, 1.165) is 50.1 Å². The molecule has 2 amide bonds. The van der Waals surface area contributed by atoms with E-state index in [1.807, 2.05) is 66.8 Å². The zero-order valence-electron chi connectivity index (χ0n) is 34.4. The summed E-state index contributed by atoms with van der Waals surface area (Å²) in [5.41, 5.74) is 4.78. The van der Waals surface area contributed by atoms with E-state index in [2.05, 4.69) is 55.4 Å². The monoisotopic (exact) mass is 866 g/mol. The number of rotatable bonds is 14. The molecule has 1 fully saturated rings. The molecule has 0 aromatic heterocycles. The van der Waals surface area contributed by atoms with Gasteiger partial charge in [-0.1, -0.05) is 80.6 Å². The number of anilines is 1. The van der Waals surface area contributed by atoms with Gasteiger partial charge in [0, 0.05) is 60.3 Å². The van der Waals surface area contributed by atoms with Crippen LogP contribution in [0.5, 0.6) is 0 Å². The number of carbonyl (C=O) groups excluding carboxylic acids is 3. The van der Waals surface area contributed by atoms with Crippen LogP contribution in [0.1, 0.15) is 70.9 Å². The molecule has 0 bridgehead atoms. The van der Waals surface area contributed by atoms with Crippen molar-refractivity contribution in [3.05, 3.63) is 126 Å². The summed E-state index contributed by atoms with van der Waals surface area (Å²) < 4.78 is 67.8. The fourth-order valence-corrected chi connectivity index (χ4v) is 9.88. The number of fused-ring (bicyclic) bond motifs is 6. The average Bonchev–Trinajstić information content (AvgIpc) is 3.72. The molecule has 3 heterocycles. The van der Waals surface area contributed by atoms with Gasteiger partial charge in [-0.15, -0.1) is 5.06 Å². The summed E-state index contributed by atoms with van der Waals surface area (Å²) >= 11 is 0. The van der Waals surface area contributed by atoms with Gasteiger partial charge in [-0.3, -0.25) is 18.7 Å². The maximum Gasteiger partial charge on any atom is 0.335 e. The molecule has 4 aromatic carbocycles. The molecule has 0 saturated carbocycles. The van der Waals surface area contributed by atoms with E-state index in [0.29, 0.717) is 23.4 Å². The third kappa shape index (κ3) is 8.73. The van der Waals surface area contributed by atoms with E-state index in [4.69, 9.17) is 4.84 Å². The molecule has 2 N–H and O–H groups in total. The predicted molar refractivity (Wildman–Crippen MR) is 234 cm³/mol. The second kappa shape index (κ2) is 16.6. The lowest BCUT2D eigenvalue weighted by Gasteiger charge is -2.27. The van der Waals surface area contributed by atoms with Crippen molar-refractivity contribution in [3.63, 3.8) is 0 Å². The maximum absolute atomic E-state index is 12.9. The van der Waals surface area contributed by atoms with Crippen LogP contribution in [0.4, 0.5) is 11.4 Å². The van der Waals surface area contributed by atoms with Crippen molar-refractivity contribution in [2.75, 3.05) is 23.7 Å². The molecule has 15 heteroatoms. The maximum atomic E-state index is 12.9. The van der Waals surface area contributed by atoms with E-state index in [1.165, 1.54) is 12.1 Å². The molecule has 7 rings (SSSR count). The number of benzene rings is 4. The molecule has 3 aliphatic heterocycles. The van der Waals surface area contributed by atoms with Crippen molar-refractivity contribution in [2.45, 2.75) is 75.5 Å². The van der Waals surface area contributed by atoms with Gasteiger partial charge in [-0.2, -0.15) is 21.4 Å². The number of hydrogen-bond donors (Lipinski definition) is 2. The summed E-state index contributed by atoms with van der Waals surface area (Å²) in [6, 6.07) is 20.5. The second-order valence-corrected chi connectivity index (χ2v) is 19.4. The van der Waals surface area contributed by atoms with Crippen LogP contribution in [0.15, 0.2) is 120 Å². The number of unbranched alkanes of at least 4 members (excludes halogenated alkanes) is 1. The number of imide groups is 1. The summed E-state index contributed by atoms with van der Waals surface area (Å²) in [7, 11) is -8.52. The van der Waals surface area contributed by atoms with Crippen LogP contribution in [0.2, 0.25) is 0 Å². The fourth-order valence-electron chi connectivity index (χ4n) is 8.80. The largest absolute Gasteiger partial charge is 0.343 e. The predicted octanol–water partition coefficient (Wildman–Crippen LogP) is 7.63. The second-order valence-electron chi connectivity index (χ2n) is 16.4. The minimum Gasteiger partial charge on any atom is -0.343 e. The van der Waals surface area contributed by atoms with Gasteiger partial charge in [-0.25, -0.2) is 4.79 Å². The molecule has 1 saturated heterocycles. The fraction of sp³-hybridized carbons (Fsp3) is 0.304. The third-order valence-electron chi connectivity index (χ3n) is 11.6. The lowest BCUT2D eigenvalue weighted by Crippen LogP contribution is -2.34. The van der Waals surface area contributed by atoms with E-state index >= 15 is 0 Å². The van der Waals surface area contributed by atoms with Crippen LogP contribution in [0.3, 0.4) is 0 Å². The number of allylic oxidation sites excluding steroid dienone is 8. The Bertz CT molecular complexity index is 2850. The zero-order valence-corrected chi connectivity index (χ0v) is 36.0. The Morgan fingerprint density at radius 1 is 0.787 bits per heavy atom. The molecule has 0 aliphatic carbocycles. The van der Waals surface area contributed by atoms with Gasteiger partial charge < -0.3 is 9.74 Å². The smallest absolute Gasteiger partial charge is 0.335 e. The highest BCUT2D eigenvalue weighted by Gasteiger charge is 2.46. The van der Waals surface area contributed by atoms with Crippen molar-refractivity contribution in [3.8, 4) is 0 Å².